The second-order valence-corrected chi connectivity index (χ2v) is 3.90. The standard InChI is InChI=1S/C11H10BrN/c1-8-7-9(4-5-10(8)12)11-3-2-6-13-11/h2-7,13H,1H3. The topological polar surface area (TPSA) is 15.8 Å². The molecule has 0 atom stereocenters. The van der Waals surface area contributed by atoms with Crippen LogP contribution in [0.2, 0.25) is 0 Å². The fourth-order valence-corrected chi connectivity index (χ4v) is 1.57. The molecular formula is C11H10BrN. The molecule has 0 bridgehead atoms. The third-order valence-electron chi connectivity index (χ3n) is 2.07. The third kappa shape index (κ3) is 1.68. The summed E-state index contributed by atoms with van der Waals surface area (Å²) < 4.78 is 1.16. The Balaban J connectivity index is 2.49. The van der Waals surface area contributed by atoms with Crippen LogP contribution in [-0.4, -0.2) is 4.98 Å². The van der Waals surface area contributed by atoms with Gasteiger partial charge in [-0.05, 0) is 42.3 Å². The number of halogens is 1. The first-order chi connectivity index (χ1) is 6.27. The minimum Gasteiger partial charge on any atom is -0.361 e. The predicted molar refractivity (Wildman–Crippen MR) is 58.7 cm³/mol. The molecule has 2 aromatic rings. The zero-order valence-corrected chi connectivity index (χ0v) is 8.93. The summed E-state index contributed by atoms with van der Waals surface area (Å²) in [5, 5.41) is 0. The van der Waals surface area contributed by atoms with Crippen molar-refractivity contribution >= 4 is 15.9 Å². The fraction of sp³-hybridized carbons (Fsp3) is 0.0909. The summed E-state index contributed by atoms with van der Waals surface area (Å²) in [6.07, 6.45) is 1.94. The third-order valence-corrected chi connectivity index (χ3v) is 2.96. The smallest absolute Gasteiger partial charge is 0.0453 e. The molecule has 1 heterocycles. The Bertz CT molecular complexity index is 404. The summed E-state index contributed by atoms with van der Waals surface area (Å²) in [7, 11) is 0. The molecule has 0 unspecified atom stereocenters. The van der Waals surface area contributed by atoms with Crippen LogP contribution < -0.4 is 0 Å². The highest BCUT2D eigenvalue weighted by Gasteiger charge is 1.99. The highest BCUT2D eigenvalue weighted by Crippen LogP contribution is 2.23. The molecule has 66 valence electrons. The molecule has 0 radical (unpaired) electrons. The van der Waals surface area contributed by atoms with E-state index >= 15 is 0 Å². The summed E-state index contributed by atoms with van der Waals surface area (Å²) in [6, 6.07) is 10.4. The number of aryl methyl sites for hydroxylation is 1. The van der Waals surface area contributed by atoms with E-state index in [1.54, 1.807) is 0 Å². The molecule has 1 N–H and O–H groups in total. The Morgan fingerprint density at radius 3 is 2.69 bits per heavy atom. The largest absolute Gasteiger partial charge is 0.361 e. The Morgan fingerprint density at radius 2 is 2.08 bits per heavy atom. The molecule has 2 heteroatoms. The summed E-state index contributed by atoms with van der Waals surface area (Å²) >= 11 is 3.48. The Morgan fingerprint density at radius 1 is 1.23 bits per heavy atom. The van der Waals surface area contributed by atoms with Gasteiger partial charge in [0.2, 0.25) is 0 Å². The molecule has 13 heavy (non-hydrogen) atoms. The van der Waals surface area contributed by atoms with Crippen molar-refractivity contribution in [2.75, 3.05) is 0 Å². The lowest BCUT2D eigenvalue weighted by Gasteiger charge is -2.01. The maximum Gasteiger partial charge on any atom is 0.0453 e. The van der Waals surface area contributed by atoms with Gasteiger partial charge in [0.1, 0.15) is 0 Å². The van der Waals surface area contributed by atoms with E-state index in [0.29, 0.717) is 0 Å². The summed E-state index contributed by atoms with van der Waals surface area (Å²) in [4.78, 5) is 3.18. The van der Waals surface area contributed by atoms with Crippen molar-refractivity contribution in [1.29, 1.82) is 0 Å². The van der Waals surface area contributed by atoms with E-state index in [-0.39, 0.29) is 0 Å². The average molecular weight is 236 g/mol. The van der Waals surface area contributed by atoms with Crippen molar-refractivity contribution in [3.8, 4) is 11.3 Å². The molecule has 0 spiro atoms. The van der Waals surface area contributed by atoms with Crippen molar-refractivity contribution in [3.05, 3.63) is 46.6 Å². The number of hydrogen-bond donors (Lipinski definition) is 1. The van der Waals surface area contributed by atoms with Crippen molar-refractivity contribution in [3.63, 3.8) is 0 Å². The SMILES string of the molecule is Cc1cc(-c2ccc[nH]2)ccc1Br. The summed E-state index contributed by atoms with van der Waals surface area (Å²) in [5.74, 6) is 0. The van der Waals surface area contributed by atoms with E-state index in [4.69, 9.17) is 0 Å². The number of benzene rings is 1. The molecule has 0 saturated carbocycles. The van der Waals surface area contributed by atoms with Gasteiger partial charge >= 0.3 is 0 Å². The van der Waals surface area contributed by atoms with Gasteiger partial charge in [-0.25, -0.2) is 0 Å². The molecular weight excluding hydrogens is 226 g/mol. The van der Waals surface area contributed by atoms with E-state index in [1.807, 2.05) is 12.3 Å². The van der Waals surface area contributed by atoms with Crippen LogP contribution in [0.4, 0.5) is 0 Å². The van der Waals surface area contributed by atoms with Gasteiger partial charge in [-0.2, -0.15) is 0 Å². The zero-order chi connectivity index (χ0) is 9.26. The highest BCUT2D eigenvalue weighted by atomic mass is 79.9. The second-order valence-electron chi connectivity index (χ2n) is 3.05. The van der Waals surface area contributed by atoms with Crippen LogP contribution >= 0.6 is 15.9 Å². The Labute approximate surface area is 85.9 Å². The second kappa shape index (κ2) is 3.38. The number of hydrogen-bond acceptors (Lipinski definition) is 0. The number of rotatable bonds is 1. The fourth-order valence-electron chi connectivity index (χ4n) is 1.32. The van der Waals surface area contributed by atoms with E-state index < -0.39 is 0 Å². The van der Waals surface area contributed by atoms with Gasteiger partial charge in [0.05, 0.1) is 0 Å². The van der Waals surface area contributed by atoms with Gasteiger partial charge < -0.3 is 4.98 Å². The van der Waals surface area contributed by atoms with Crippen LogP contribution in [0.5, 0.6) is 0 Å². The molecule has 1 nitrogen and oxygen atoms in total. The lowest BCUT2D eigenvalue weighted by Crippen LogP contribution is -1.80. The molecule has 0 fully saturated rings. The number of nitrogens with one attached hydrogen (secondary N) is 1. The number of H-pyrrole nitrogens is 1. The minimum atomic E-state index is 1.16. The van der Waals surface area contributed by atoms with E-state index in [0.717, 1.165) is 10.2 Å². The van der Waals surface area contributed by atoms with Crippen molar-refractivity contribution in [1.82, 2.24) is 4.98 Å². The molecule has 0 saturated heterocycles. The van der Waals surface area contributed by atoms with Crippen LogP contribution in [0.1, 0.15) is 5.56 Å². The molecule has 0 aliphatic carbocycles. The molecule has 2 rings (SSSR count). The van der Waals surface area contributed by atoms with Gasteiger partial charge in [-0.1, -0.05) is 22.0 Å². The molecule has 1 aromatic heterocycles. The molecule has 0 aliphatic rings. The highest BCUT2D eigenvalue weighted by molar-refractivity contribution is 9.10. The van der Waals surface area contributed by atoms with Gasteiger partial charge in [-0.3, -0.25) is 0 Å². The van der Waals surface area contributed by atoms with Crippen LogP contribution in [-0.2, 0) is 0 Å². The van der Waals surface area contributed by atoms with E-state index in [9.17, 15) is 0 Å². The first-order valence-corrected chi connectivity index (χ1v) is 4.96. The number of aromatic amines is 1. The Kier molecular flexibility index (Phi) is 2.23. The monoisotopic (exact) mass is 235 g/mol. The average Bonchev–Trinajstić information content (AvgIpc) is 2.62. The lowest BCUT2D eigenvalue weighted by molar-refractivity contribution is 1.37. The number of aromatic nitrogens is 1. The normalized spacial score (nSPS) is 10.3. The van der Waals surface area contributed by atoms with Gasteiger partial charge in [0, 0.05) is 16.4 Å². The van der Waals surface area contributed by atoms with Gasteiger partial charge in [0.15, 0.2) is 0 Å². The molecule has 0 aliphatic heterocycles. The zero-order valence-electron chi connectivity index (χ0n) is 7.34. The van der Waals surface area contributed by atoms with Gasteiger partial charge in [-0.15, -0.1) is 0 Å². The van der Waals surface area contributed by atoms with Crippen molar-refractivity contribution in [2.24, 2.45) is 0 Å². The maximum absolute atomic E-state index is 3.48. The molecule has 1 aromatic carbocycles. The van der Waals surface area contributed by atoms with E-state index in [1.165, 1.54) is 11.1 Å². The van der Waals surface area contributed by atoms with Crippen molar-refractivity contribution < 1.29 is 0 Å². The molecule has 0 amide bonds. The van der Waals surface area contributed by atoms with Crippen molar-refractivity contribution in [2.45, 2.75) is 6.92 Å². The minimum absolute atomic E-state index is 1.16. The quantitative estimate of drug-likeness (QED) is 0.776. The summed E-state index contributed by atoms with van der Waals surface area (Å²) in [6.45, 7) is 2.09. The van der Waals surface area contributed by atoms with Crippen LogP contribution in [0, 0.1) is 6.92 Å². The lowest BCUT2D eigenvalue weighted by atomic mass is 10.1. The predicted octanol–water partition coefficient (Wildman–Crippen LogP) is 3.75. The first kappa shape index (κ1) is 8.57. The summed E-state index contributed by atoms with van der Waals surface area (Å²) in [5.41, 5.74) is 3.65. The Hall–Kier alpha value is -1.02. The van der Waals surface area contributed by atoms with Crippen LogP contribution in [0.25, 0.3) is 11.3 Å². The first-order valence-electron chi connectivity index (χ1n) is 4.17. The van der Waals surface area contributed by atoms with Crippen LogP contribution in [0.15, 0.2) is 41.0 Å². The van der Waals surface area contributed by atoms with Gasteiger partial charge in [0.25, 0.3) is 0 Å². The van der Waals surface area contributed by atoms with E-state index in [2.05, 4.69) is 52.1 Å². The van der Waals surface area contributed by atoms with Crippen LogP contribution in [0.3, 0.4) is 0 Å². The maximum atomic E-state index is 3.48.